The standard InChI is InChI=1S/C14H18Cl2N2O2/c1-2-20-14-8-12(16)11(15)7-10(14)13(19)9-18-5-3-17-4-6-18/h7-8,17H,2-6,9H2,1H3. The summed E-state index contributed by atoms with van der Waals surface area (Å²) in [6, 6.07) is 3.21. The number of nitrogens with zero attached hydrogens (tertiary/aromatic N) is 1. The highest BCUT2D eigenvalue weighted by molar-refractivity contribution is 6.42. The van der Waals surface area contributed by atoms with Gasteiger partial charge in [-0.05, 0) is 13.0 Å². The highest BCUT2D eigenvalue weighted by Gasteiger charge is 2.19. The predicted octanol–water partition coefficient (Wildman–Crippen LogP) is 2.48. The summed E-state index contributed by atoms with van der Waals surface area (Å²) < 4.78 is 5.49. The van der Waals surface area contributed by atoms with Gasteiger partial charge in [-0.25, -0.2) is 0 Å². The summed E-state index contributed by atoms with van der Waals surface area (Å²) in [6.07, 6.45) is 0. The largest absolute Gasteiger partial charge is 0.493 e. The number of hydrogen-bond acceptors (Lipinski definition) is 4. The fourth-order valence-corrected chi connectivity index (χ4v) is 2.50. The second kappa shape index (κ2) is 7.27. The highest BCUT2D eigenvalue weighted by atomic mass is 35.5. The molecule has 1 N–H and O–H groups in total. The normalized spacial score (nSPS) is 16.1. The molecule has 1 aromatic carbocycles. The smallest absolute Gasteiger partial charge is 0.180 e. The zero-order valence-corrected chi connectivity index (χ0v) is 12.9. The first kappa shape index (κ1) is 15.6. The van der Waals surface area contributed by atoms with Crippen LogP contribution in [0.2, 0.25) is 10.0 Å². The Labute approximate surface area is 129 Å². The van der Waals surface area contributed by atoms with E-state index >= 15 is 0 Å². The summed E-state index contributed by atoms with van der Waals surface area (Å²) in [4.78, 5) is 14.6. The van der Waals surface area contributed by atoms with Crippen molar-refractivity contribution in [2.75, 3.05) is 39.3 Å². The third-order valence-electron chi connectivity index (χ3n) is 3.20. The van der Waals surface area contributed by atoms with E-state index < -0.39 is 0 Å². The monoisotopic (exact) mass is 316 g/mol. The van der Waals surface area contributed by atoms with E-state index in [1.54, 1.807) is 12.1 Å². The van der Waals surface area contributed by atoms with Crippen LogP contribution < -0.4 is 10.1 Å². The molecule has 0 atom stereocenters. The van der Waals surface area contributed by atoms with E-state index in [0.29, 0.717) is 34.5 Å². The zero-order chi connectivity index (χ0) is 14.5. The number of ether oxygens (including phenoxy) is 1. The lowest BCUT2D eigenvalue weighted by Gasteiger charge is -2.26. The minimum Gasteiger partial charge on any atom is -0.493 e. The molecule has 0 bridgehead atoms. The van der Waals surface area contributed by atoms with Crippen LogP contribution in [-0.4, -0.2) is 50.0 Å². The number of benzene rings is 1. The average molecular weight is 317 g/mol. The summed E-state index contributed by atoms with van der Waals surface area (Å²) in [5.41, 5.74) is 0.500. The van der Waals surface area contributed by atoms with Crippen LogP contribution in [0.1, 0.15) is 17.3 Å². The second-order valence-corrected chi connectivity index (χ2v) is 5.46. The number of nitrogens with one attached hydrogen (secondary N) is 1. The molecule has 0 aromatic heterocycles. The van der Waals surface area contributed by atoms with Crippen molar-refractivity contribution >= 4 is 29.0 Å². The first-order chi connectivity index (χ1) is 9.61. The van der Waals surface area contributed by atoms with Crippen LogP contribution in [0.5, 0.6) is 5.75 Å². The van der Waals surface area contributed by atoms with Crippen molar-refractivity contribution < 1.29 is 9.53 Å². The molecule has 110 valence electrons. The van der Waals surface area contributed by atoms with Gasteiger partial charge < -0.3 is 10.1 Å². The predicted molar refractivity (Wildman–Crippen MR) is 81.3 cm³/mol. The molecule has 4 nitrogen and oxygen atoms in total. The lowest BCUT2D eigenvalue weighted by Crippen LogP contribution is -2.45. The third kappa shape index (κ3) is 3.85. The molecule has 20 heavy (non-hydrogen) atoms. The maximum atomic E-state index is 12.4. The zero-order valence-electron chi connectivity index (χ0n) is 11.4. The van der Waals surface area contributed by atoms with E-state index in [1.165, 1.54) is 0 Å². The Morgan fingerprint density at radius 1 is 1.30 bits per heavy atom. The number of rotatable bonds is 5. The van der Waals surface area contributed by atoms with Gasteiger partial charge >= 0.3 is 0 Å². The molecular weight excluding hydrogens is 299 g/mol. The third-order valence-corrected chi connectivity index (χ3v) is 3.92. The van der Waals surface area contributed by atoms with Gasteiger partial charge in [0.2, 0.25) is 0 Å². The molecule has 1 aliphatic heterocycles. The summed E-state index contributed by atoms with van der Waals surface area (Å²) in [5, 5.41) is 4.03. The Morgan fingerprint density at radius 2 is 1.95 bits per heavy atom. The van der Waals surface area contributed by atoms with Crippen LogP contribution in [-0.2, 0) is 0 Å². The fraction of sp³-hybridized carbons (Fsp3) is 0.500. The highest BCUT2D eigenvalue weighted by Crippen LogP contribution is 2.31. The number of halogens is 2. The SMILES string of the molecule is CCOc1cc(Cl)c(Cl)cc1C(=O)CN1CCNCC1. The van der Waals surface area contributed by atoms with Gasteiger partial charge in [0.1, 0.15) is 5.75 Å². The first-order valence-electron chi connectivity index (χ1n) is 6.70. The molecule has 0 spiro atoms. The van der Waals surface area contributed by atoms with Crippen LogP contribution in [0.3, 0.4) is 0 Å². The Hall–Kier alpha value is -0.810. The number of ketones is 1. The van der Waals surface area contributed by atoms with Crippen molar-refractivity contribution in [1.82, 2.24) is 10.2 Å². The fourth-order valence-electron chi connectivity index (χ4n) is 2.18. The Kier molecular flexibility index (Phi) is 5.66. The average Bonchev–Trinajstić information content (AvgIpc) is 2.44. The summed E-state index contributed by atoms with van der Waals surface area (Å²) in [5.74, 6) is 0.510. The van der Waals surface area contributed by atoms with Gasteiger partial charge in [-0.1, -0.05) is 23.2 Å². The Balaban J connectivity index is 2.16. The molecule has 1 aliphatic rings. The van der Waals surface area contributed by atoms with Gasteiger partial charge in [0.15, 0.2) is 5.78 Å². The molecule has 0 radical (unpaired) electrons. The maximum absolute atomic E-state index is 12.4. The molecule has 1 saturated heterocycles. The number of piperazine rings is 1. The van der Waals surface area contributed by atoms with Crippen molar-refractivity contribution in [3.8, 4) is 5.75 Å². The molecule has 1 fully saturated rings. The molecular formula is C14H18Cl2N2O2. The van der Waals surface area contributed by atoms with E-state index in [-0.39, 0.29) is 5.78 Å². The molecule has 6 heteroatoms. The van der Waals surface area contributed by atoms with Crippen LogP contribution >= 0.6 is 23.2 Å². The molecule has 2 rings (SSSR count). The lowest BCUT2D eigenvalue weighted by atomic mass is 10.1. The Bertz CT molecular complexity index is 488. The van der Waals surface area contributed by atoms with E-state index in [4.69, 9.17) is 27.9 Å². The van der Waals surface area contributed by atoms with Crippen molar-refractivity contribution in [2.24, 2.45) is 0 Å². The van der Waals surface area contributed by atoms with Gasteiger partial charge in [-0.2, -0.15) is 0 Å². The van der Waals surface area contributed by atoms with Crippen LogP contribution in [0.4, 0.5) is 0 Å². The first-order valence-corrected chi connectivity index (χ1v) is 7.45. The number of hydrogen-bond donors (Lipinski definition) is 1. The Morgan fingerprint density at radius 3 is 2.60 bits per heavy atom. The van der Waals surface area contributed by atoms with Gasteiger partial charge in [-0.3, -0.25) is 9.69 Å². The van der Waals surface area contributed by atoms with E-state index in [9.17, 15) is 4.79 Å². The maximum Gasteiger partial charge on any atom is 0.180 e. The van der Waals surface area contributed by atoms with Crippen molar-refractivity contribution in [1.29, 1.82) is 0 Å². The van der Waals surface area contributed by atoms with E-state index in [0.717, 1.165) is 26.2 Å². The molecule has 0 saturated carbocycles. The topological polar surface area (TPSA) is 41.6 Å². The van der Waals surface area contributed by atoms with Gasteiger partial charge in [-0.15, -0.1) is 0 Å². The van der Waals surface area contributed by atoms with Crippen molar-refractivity contribution in [2.45, 2.75) is 6.92 Å². The molecule has 0 aliphatic carbocycles. The van der Waals surface area contributed by atoms with E-state index in [2.05, 4.69) is 10.2 Å². The molecule has 1 heterocycles. The number of carbonyl (C=O) groups excluding carboxylic acids is 1. The summed E-state index contributed by atoms with van der Waals surface area (Å²) >= 11 is 12.0. The summed E-state index contributed by atoms with van der Waals surface area (Å²) in [6.45, 7) is 6.28. The number of carbonyl (C=O) groups is 1. The van der Waals surface area contributed by atoms with E-state index in [1.807, 2.05) is 6.92 Å². The van der Waals surface area contributed by atoms with Crippen molar-refractivity contribution in [3.63, 3.8) is 0 Å². The van der Waals surface area contributed by atoms with Crippen LogP contribution in [0, 0.1) is 0 Å². The molecule has 0 amide bonds. The number of Topliss-reactive ketones (excluding diaryl/α,β-unsaturated/α-hetero) is 1. The quantitative estimate of drug-likeness (QED) is 0.847. The van der Waals surface area contributed by atoms with Crippen LogP contribution in [0.15, 0.2) is 12.1 Å². The lowest BCUT2D eigenvalue weighted by molar-refractivity contribution is 0.0918. The van der Waals surface area contributed by atoms with Gasteiger partial charge in [0.25, 0.3) is 0 Å². The molecule has 1 aromatic rings. The summed E-state index contributed by atoms with van der Waals surface area (Å²) in [7, 11) is 0. The van der Waals surface area contributed by atoms with Gasteiger partial charge in [0.05, 0.1) is 28.8 Å². The minimum atomic E-state index is 0.00826. The second-order valence-electron chi connectivity index (χ2n) is 4.64. The van der Waals surface area contributed by atoms with Crippen molar-refractivity contribution in [3.05, 3.63) is 27.7 Å². The molecule has 0 unspecified atom stereocenters. The van der Waals surface area contributed by atoms with Gasteiger partial charge in [0, 0.05) is 32.2 Å². The minimum absolute atomic E-state index is 0.00826. The van der Waals surface area contributed by atoms with Crippen LogP contribution in [0.25, 0.3) is 0 Å².